The predicted octanol–water partition coefficient (Wildman–Crippen LogP) is 3.56. The first-order chi connectivity index (χ1) is 12.0. The van der Waals surface area contributed by atoms with Crippen molar-refractivity contribution in [3.8, 4) is 0 Å². The summed E-state index contributed by atoms with van der Waals surface area (Å²) in [4.78, 5) is 26.3. The van der Waals surface area contributed by atoms with Crippen LogP contribution in [0.5, 0.6) is 0 Å². The smallest absolute Gasteiger partial charge is 0.253 e. The Morgan fingerprint density at radius 3 is 2.68 bits per heavy atom. The zero-order valence-corrected chi connectivity index (χ0v) is 15.8. The Balaban J connectivity index is 1.93. The first kappa shape index (κ1) is 19.4. The lowest BCUT2D eigenvalue weighted by molar-refractivity contribution is -0.119. The number of likely N-dealkylation sites (tertiary alicyclic amines) is 1. The summed E-state index contributed by atoms with van der Waals surface area (Å²) in [7, 11) is 0. The van der Waals surface area contributed by atoms with E-state index in [1.165, 1.54) is 0 Å². The molecule has 1 fully saturated rings. The fourth-order valence-corrected chi connectivity index (χ4v) is 3.04. The van der Waals surface area contributed by atoms with Gasteiger partial charge in [-0.2, -0.15) is 0 Å². The zero-order chi connectivity index (χ0) is 18.2. The highest BCUT2D eigenvalue weighted by molar-refractivity contribution is 7.80. The van der Waals surface area contributed by atoms with Crippen LogP contribution >= 0.6 is 12.2 Å². The van der Waals surface area contributed by atoms with Gasteiger partial charge in [0.25, 0.3) is 5.91 Å². The number of carbonyl (C=O) groups is 2. The number of hydrogen-bond donors (Lipinski definition) is 2. The van der Waals surface area contributed by atoms with Crippen LogP contribution in [0.15, 0.2) is 24.3 Å². The van der Waals surface area contributed by atoms with Crippen molar-refractivity contribution in [2.45, 2.75) is 46.0 Å². The minimum absolute atomic E-state index is 0.0495. The van der Waals surface area contributed by atoms with Gasteiger partial charge in [0, 0.05) is 30.8 Å². The zero-order valence-electron chi connectivity index (χ0n) is 15.0. The lowest BCUT2D eigenvalue weighted by Gasteiger charge is -2.30. The molecule has 1 aliphatic rings. The van der Waals surface area contributed by atoms with E-state index in [-0.39, 0.29) is 16.9 Å². The molecule has 25 heavy (non-hydrogen) atoms. The van der Waals surface area contributed by atoms with Crippen molar-refractivity contribution in [3.05, 3.63) is 29.8 Å². The van der Waals surface area contributed by atoms with Gasteiger partial charge in [-0.3, -0.25) is 9.59 Å². The molecular formula is C19H27N3O2S. The SMILES string of the molecule is CCCCC(=O)NC(=S)Nc1cccc(C(=O)N2CCC(C)CC2)c1. The van der Waals surface area contributed by atoms with E-state index in [0.717, 1.165) is 38.8 Å². The lowest BCUT2D eigenvalue weighted by atomic mass is 9.98. The van der Waals surface area contributed by atoms with E-state index in [2.05, 4.69) is 17.6 Å². The second-order valence-electron chi connectivity index (χ2n) is 6.66. The quantitative estimate of drug-likeness (QED) is 0.787. The van der Waals surface area contributed by atoms with Crippen molar-refractivity contribution >= 4 is 34.8 Å². The standard InChI is InChI=1S/C19H27N3O2S/c1-3-4-8-17(23)21-19(25)20-16-7-5-6-15(13-16)18(24)22-11-9-14(2)10-12-22/h5-7,13-14H,3-4,8-12H2,1-2H3,(H2,20,21,23,25). The number of piperidine rings is 1. The number of hydrogen-bond acceptors (Lipinski definition) is 3. The molecule has 6 heteroatoms. The molecule has 0 radical (unpaired) electrons. The highest BCUT2D eigenvalue weighted by Gasteiger charge is 2.21. The van der Waals surface area contributed by atoms with Gasteiger partial charge in [-0.05, 0) is 55.6 Å². The second kappa shape index (κ2) is 9.51. The van der Waals surface area contributed by atoms with Crippen molar-refractivity contribution in [1.82, 2.24) is 10.2 Å². The van der Waals surface area contributed by atoms with Gasteiger partial charge in [0.1, 0.15) is 0 Å². The Morgan fingerprint density at radius 1 is 1.28 bits per heavy atom. The van der Waals surface area contributed by atoms with Crippen LogP contribution in [0.1, 0.15) is 56.3 Å². The monoisotopic (exact) mass is 361 g/mol. The van der Waals surface area contributed by atoms with Crippen LogP contribution < -0.4 is 10.6 Å². The number of carbonyl (C=O) groups excluding carboxylic acids is 2. The fraction of sp³-hybridized carbons (Fsp3) is 0.526. The van der Waals surface area contributed by atoms with Crippen LogP contribution in [0.4, 0.5) is 5.69 Å². The Hall–Kier alpha value is -1.95. The third-order valence-corrected chi connectivity index (χ3v) is 4.65. The highest BCUT2D eigenvalue weighted by Crippen LogP contribution is 2.19. The number of amides is 2. The van der Waals surface area contributed by atoms with Crippen LogP contribution in [-0.2, 0) is 4.79 Å². The molecule has 0 unspecified atom stereocenters. The van der Waals surface area contributed by atoms with Crippen molar-refractivity contribution in [3.63, 3.8) is 0 Å². The second-order valence-corrected chi connectivity index (χ2v) is 7.07. The summed E-state index contributed by atoms with van der Waals surface area (Å²) >= 11 is 5.17. The van der Waals surface area contributed by atoms with E-state index in [1.807, 2.05) is 30.0 Å². The van der Waals surface area contributed by atoms with Gasteiger partial charge in [-0.1, -0.05) is 26.3 Å². The largest absolute Gasteiger partial charge is 0.339 e. The van der Waals surface area contributed by atoms with E-state index < -0.39 is 0 Å². The highest BCUT2D eigenvalue weighted by atomic mass is 32.1. The summed E-state index contributed by atoms with van der Waals surface area (Å²) in [6, 6.07) is 7.25. The molecule has 2 N–H and O–H groups in total. The van der Waals surface area contributed by atoms with Crippen LogP contribution in [0.2, 0.25) is 0 Å². The molecule has 0 spiro atoms. The molecule has 5 nitrogen and oxygen atoms in total. The van der Waals surface area contributed by atoms with Gasteiger partial charge in [-0.25, -0.2) is 0 Å². The van der Waals surface area contributed by atoms with E-state index in [0.29, 0.717) is 23.6 Å². The predicted molar refractivity (Wildman–Crippen MR) is 105 cm³/mol. The van der Waals surface area contributed by atoms with E-state index in [4.69, 9.17) is 12.2 Å². The minimum Gasteiger partial charge on any atom is -0.339 e. The van der Waals surface area contributed by atoms with E-state index in [1.54, 1.807) is 6.07 Å². The fourth-order valence-electron chi connectivity index (χ4n) is 2.81. The van der Waals surface area contributed by atoms with Gasteiger partial charge in [0.2, 0.25) is 5.91 Å². The van der Waals surface area contributed by atoms with Crippen LogP contribution in [-0.4, -0.2) is 34.9 Å². The Labute approximate surface area is 155 Å². The molecule has 2 rings (SSSR count). The molecule has 1 aromatic carbocycles. The first-order valence-corrected chi connectivity index (χ1v) is 9.40. The molecule has 1 saturated heterocycles. The third-order valence-electron chi connectivity index (χ3n) is 4.45. The molecule has 136 valence electrons. The number of anilines is 1. The average Bonchev–Trinajstić information content (AvgIpc) is 2.60. The van der Waals surface area contributed by atoms with Crippen molar-refractivity contribution < 1.29 is 9.59 Å². The topological polar surface area (TPSA) is 61.4 Å². The van der Waals surface area contributed by atoms with Gasteiger partial charge >= 0.3 is 0 Å². The first-order valence-electron chi connectivity index (χ1n) is 8.99. The van der Waals surface area contributed by atoms with Gasteiger partial charge in [-0.15, -0.1) is 0 Å². The van der Waals surface area contributed by atoms with Gasteiger partial charge < -0.3 is 15.5 Å². The number of rotatable bonds is 5. The third kappa shape index (κ3) is 6.12. The maximum atomic E-state index is 12.6. The number of nitrogens with one attached hydrogen (secondary N) is 2. The van der Waals surface area contributed by atoms with Gasteiger partial charge in [0.15, 0.2) is 5.11 Å². The van der Waals surface area contributed by atoms with Crippen LogP contribution in [0, 0.1) is 5.92 Å². The summed E-state index contributed by atoms with van der Waals surface area (Å²) in [5, 5.41) is 5.91. The molecular weight excluding hydrogens is 334 g/mol. The molecule has 0 atom stereocenters. The molecule has 2 amide bonds. The maximum Gasteiger partial charge on any atom is 0.253 e. The summed E-state index contributed by atoms with van der Waals surface area (Å²) in [5.41, 5.74) is 1.34. The lowest BCUT2D eigenvalue weighted by Crippen LogP contribution is -2.38. The number of benzene rings is 1. The number of thiocarbonyl (C=S) groups is 1. The van der Waals surface area contributed by atoms with Gasteiger partial charge in [0.05, 0.1) is 0 Å². The van der Waals surface area contributed by atoms with E-state index >= 15 is 0 Å². The Morgan fingerprint density at radius 2 is 2.00 bits per heavy atom. The van der Waals surface area contributed by atoms with Crippen molar-refractivity contribution in [2.24, 2.45) is 5.92 Å². The molecule has 1 heterocycles. The normalized spacial score (nSPS) is 14.9. The van der Waals surface area contributed by atoms with Crippen molar-refractivity contribution in [1.29, 1.82) is 0 Å². The molecule has 0 aromatic heterocycles. The summed E-state index contributed by atoms with van der Waals surface area (Å²) in [6.45, 7) is 5.88. The number of unbranched alkanes of at least 4 members (excludes halogenated alkanes) is 1. The molecule has 0 aliphatic carbocycles. The maximum absolute atomic E-state index is 12.6. The molecule has 1 aromatic rings. The molecule has 0 saturated carbocycles. The van der Waals surface area contributed by atoms with Crippen LogP contribution in [0.3, 0.4) is 0 Å². The Kier molecular flexibility index (Phi) is 7.37. The van der Waals surface area contributed by atoms with Crippen LogP contribution in [0.25, 0.3) is 0 Å². The summed E-state index contributed by atoms with van der Waals surface area (Å²) in [5.74, 6) is 0.646. The van der Waals surface area contributed by atoms with E-state index in [9.17, 15) is 9.59 Å². The average molecular weight is 362 g/mol. The molecule has 1 aliphatic heterocycles. The summed E-state index contributed by atoms with van der Waals surface area (Å²) in [6.07, 6.45) is 4.37. The molecule has 0 bridgehead atoms. The minimum atomic E-state index is -0.0889. The summed E-state index contributed by atoms with van der Waals surface area (Å²) < 4.78 is 0. The number of nitrogens with zero attached hydrogens (tertiary/aromatic N) is 1. The Bertz CT molecular complexity index is 625. The van der Waals surface area contributed by atoms with Crippen molar-refractivity contribution in [2.75, 3.05) is 18.4 Å².